The van der Waals surface area contributed by atoms with Crippen LogP contribution in [0.1, 0.15) is 10.4 Å². The van der Waals surface area contributed by atoms with Crippen LogP contribution in [0.25, 0.3) is 0 Å². The number of thioether (sulfide) groups is 1. The molecule has 1 aromatic heterocycles. The normalized spacial score (nSPS) is 10.1. The van der Waals surface area contributed by atoms with Gasteiger partial charge in [0.2, 0.25) is 5.91 Å². The highest BCUT2D eigenvalue weighted by Crippen LogP contribution is 2.29. The van der Waals surface area contributed by atoms with Crippen molar-refractivity contribution < 1.29 is 24.2 Å². The molecule has 0 bridgehead atoms. The Bertz CT molecular complexity index is 751. The van der Waals surface area contributed by atoms with E-state index in [0.717, 1.165) is 11.8 Å². The summed E-state index contributed by atoms with van der Waals surface area (Å²) in [5, 5.41) is 12.1. The number of carbonyl (C=O) groups is 2. The SMILES string of the molecule is COc1ccc(NC(=O)CSc2ncccc2C(=O)O)c(OC)c1. The first kappa shape index (κ1) is 17.6. The number of benzene rings is 1. The van der Waals surface area contributed by atoms with Crippen molar-refractivity contribution in [2.24, 2.45) is 0 Å². The van der Waals surface area contributed by atoms with Crippen molar-refractivity contribution in [1.82, 2.24) is 4.98 Å². The van der Waals surface area contributed by atoms with Crippen LogP contribution in [-0.2, 0) is 4.79 Å². The van der Waals surface area contributed by atoms with E-state index in [9.17, 15) is 9.59 Å². The zero-order valence-corrected chi connectivity index (χ0v) is 13.9. The highest BCUT2D eigenvalue weighted by Gasteiger charge is 2.14. The molecule has 0 aliphatic rings. The predicted molar refractivity (Wildman–Crippen MR) is 90.1 cm³/mol. The first-order valence-corrected chi connectivity index (χ1v) is 7.86. The molecule has 1 amide bonds. The highest BCUT2D eigenvalue weighted by molar-refractivity contribution is 8.00. The average molecular weight is 348 g/mol. The third kappa shape index (κ3) is 4.39. The van der Waals surface area contributed by atoms with E-state index in [1.54, 1.807) is 18.2 Å². The monoisotopic (exact) mass is 348 g/mol. The molecule has 0 unspecified atom stereocenters. The number of carboxylic acids is 1. The Morgan fingerprint density at radius 2 is 2.04 bits per heavy atom. The molecule has 0 aliphatic carbocycles. The van der Waals surface area contributed by atoms with E-state index in [0.29, 0.717) is 22.2 Å². The number of nitrogens with one attached hydrogen (secondary N) is 1. The van der Waals surface area contributed by atoms with Gasteiger partial charge in [0.1, 0.15) is 16.5 Å². The van der Waals surface area contributed by atoms with Crippen molar-refractivity contribution in [3.8, 4) is 11.5 Å². The number of anilines is 1. The van der Waals surface area contributed by atoms with E-state index in [-0.39, 0.29) is 17.2 Å². The van der Waals surface area contributed by atoms with Crippen LogP contribution >= 0.6 is 11.8 Å². The van der Waals surface area contributed by atoms with Crippen molar-refractivity contribution in [3.05, 3.63) is 42.1 Å². The number of amides is 1. The molecule has 0 aliphatic heterocycles. The van der Waals surface area contributed by atoms with E-state index >= 15 is 0 Å². The van der Waals surface area contributed by atoms with Gasteiger partial charge in [0.15, 0.2) is 0 Å². The molecule has 2 aromatic rings. The lowest BCUT2D eigenvalue weighted by Gasteiger charge is -2.11. The van der Waals surface area contributed by atoms with Crippen molar-refractivity contribution in [2.45, 2.75) is 5.03 Å². The van der Waals surface area contributed by atoms with Crippen molar-refractivity contribution in [2.75, 3.05) is 25.3 Å². The third-order valence-corrected chi connectivity index (χ3v) is 4.03. The van der Waals surface area contributed by atoms with E-state index in [1.165, 1.54) is 32.5 Å². The molecular formula is C16H16N2O5S. The summed E-state index contributed by atoms with van der Waals surface area (Å²) in [7, 11) is 3.03. The molecule has 2 rings (SSSR count). The smallest absolute Gasteiger partial charge is 0.338 e. The number of pyridine rings is 1. The molecule has 8 heteroatoms. The van der Waals surface area contributed by atoms with Gasteiger partial charge in [0.25, 0.3) is 0 Å². The largest absolute Gasteiger partial charge is 0.497 e. The molecule has 0 saturated carbocycles. The zero-order chi connectivity index (χ0) is 17.5. The number of nitrogens with zero attached hydrogens (tertiary/aromatic N) is 1. The number of aromatic nitrogens is 1. The fourth-order valence-electron chi connectivity index (χ4n) is 1.89. The minimum atomic E-state index is -1.08. The van der Waals surface area contributed by atoms with Crippen LogP contribution in [0.3, 0.4) is 0 Å². The Kier molecular flexibility index (Phi) is 6.02. The molecule has 24 heavy (non-hydrogen) atoms. The van der Waals surface area contributed by atoms with Gasteiger partial charge in [-0.25, -0.2) is 9.78 Å². The van der Waals surface area contributed by atoms with Crippen molar-refractivity contribution >= 4 is 29.3 Å². The second-order valence-electron chi connectivity index (χ2n) is 4.56. The second-order valence-corrected chi connectivity index (χ2v) is 5.53. The quantitative estimate of drug-likeness (QED) is 0.742. The van der Waals surface area contributed by atoms with Crippen molar-refractivity contribution in [3.63, 3.8) is 0 Å². The van der Waals surface area contributed by atoms with Gasteiger partial charge in [-0.2, -0.15) is 0 Å². The number of carbonyl (C=O) groups excluding carboxylic acids is 1. The van der Waals surface area contributed by atoms with E-state index in [4.69, 9.17) is 14.6 Å². The van der Waals surface area contributed by atoms with Crippen LogP contribution in [0, 0.1) is 0 Å². The minimum Gasteiger partial charge on any atom is -0.497 e. The van der Waals surface area contributed by atoms with Gasteiger partial charge < -0.3 is 19.9 Å². The second kappa shape index (κ2) is 8.21. The number of methoxy groups -OCH3 is 2. The predicted octanol–water partition coefficient (Wildman–Crippen LogP) is 2.53. The number of rotatable bonds is 7. The summed E-state index contributed by atoms with van der Waals surface area (Å²) >= 11 is 1.05. The molecule has 7 nitrogen and oxygen atoms in total. The molecule has 0 fully saturated rings. The van der Waals surface area contributed by atoms with Crippen LogP contribution in [0.5, 0.6) is 11.5 Å². The Morgan fingerprint density at radius 1 is 1.25 bits per heavy atom. The Morgan fingerprint density at radius 3 is 2.71 bits per heavy atom. The number of hydrogen-bond acceptors (Lipinski definition) is 6. The van der Waals surface area contributed by atoms with E-state index in [1.807, 2.05) is 0 Å². The standard InChI is InChI=1S/C16H16N2O5S/c1-22-10-5-6-12(13(8-10)23-2)18-14(19)9-24-15-11(16(20)21)4-3-7-17-15/h3-8H,9H2,1-2H3,(H,18,19)(H,20,21). The molecule has 126 valence electrons. The summed E-state index contributed by atoms with van der Waals surface area (Å²) in [6.45, 7) is 0. The molecule has 0 radical (unpaired) electrons. The Labute approximate surface area is 143 Å². The molecule has 0 atom stereocenters. The average Bonchev–Trinajstić information content (AvgIpc) is 2.60. The van der Waals surface area contributed by atoms with E-state index < -0.39 is 5.97 Å². The highest BCUT2D eigenvalue weighted by atomic mass is 32.2. The first-order valence-electron chi connectivity index (χ1n) is 6.88. The fourth-order valence-corrected chi connectivity index (χ4v) is 2.68. The summed E-state index contributed by atoms with van der Waals surface area (Å²) in [6.07, 6.45) is 1.49. The van der Waals surface area contributed by atoms with Gasteiger partial charge >= 0.3 is 5.97 Å². The van der Waals surface area contributed by atoms with E-state index in [2.05, 4.69) is 10.3 Å². The summed E-state index contributed by atoms with van der Waals surface area (Å²) in [4.78, 5) is 27.2. The van der Waals surface area contributed by atoms with Crippen LogP contribution < -0.4 is 14.8 Å². The maximum atomic E-state index is 12.1. The molecule has 0 spiro atoms. The summed E-state index contributed by atoms with van der Waals surface area (Å²) in [6, 6.07) is 8.01. The number of ether oxygens (including phenoxy) is 2. The van der Waals surface area contributed by atoms with Crippen molar-refractivity contribution in [1.29, 1.82) is 0 Å². The van der Waals surface area contributed by atoms with Gasteiger partial charge in [-0.05, 0) is 24.3 Å². The Balaban J connectivity index is 2.03. The Hall–Kier alpha value is -2.74. The minimum absolute atomic E-state index is 0.0203. The van der Waals surface area contributed by atoms with Gasteiger partial charge in [-0.15, -0.1) is 0 Å². The number of hydrogen-bond donors (Lipinski definition) is 2. The molecular weight excluding hydrogens is 332 g/mol. The van der Waals surface area contributed by atoms with Gasteiger partial charge in [0, 0.05) is 12.3 Å². The van der Waals surface area contributed by atoms with Gasteiger partial charge in [-0.3, -0.25) is 4.79 Å². The lowest BCUT2D eigenvalue weighted by atomic mass is 10.2. The van der Waals surface area contributed by atoms with Crippen LogP contribution in [-0.4, -0.2) is 41.9 Å². The van der Waals surface area contributed by atoms with Crippen LogP contribution in [0.2, 0.25) is 0 Å². The molecule has 0 saturated heterocycles. The molecule has 1 aromatic carbocycles. The van der Waals surface area contributed by atoms with Crippen LogP contribution in [0.15, 0.2) is 41.6 Å². The van der Waals surface area contributed by atoms with Crippen LogP contribution in [0.4, 0.5) is 5.69 Å². The third-order valence-electron chi connectivity index (χ3n) is 3.02. The maximum Gasteiger partial charge on any atom is 0.338 e. The van der Waals surface area contributed by atoms with Gasteiger partial charge in [0.05, 0.1) is 31.2 Å². The lowest BCUT2D eigenvalue weighted by molar-refractivity contribution is -0.113. The van der Waals surface area contributed by atoms with Gasteiger partial charge in [-0.1, -0.05) is 11.8 Å². The first-order chi connectivity index (χ1) is 11.5. The topological polar surface area (TPSA) is 97.8 Å². The molecule has 1 heterocycles. The molecule has 2 N–H and O–H groups in total. The maximum absolute atomic E-state index is 12.1. The summed E-state index contributed by atoms with van der Waals surface area (Å²) < 4.78 is 10.3. The lowest BCUT2D eigenvalue weighted by Crippen LogP contribution is -2.15. The summed E-state index contributed by atoms with van der Waals surface area (Å²) in [5.74, 6) is -0.282. The zero-order valence-electron chi connectivity index (χ0n) is 13.1. The number of aromatic carboxylic acids is 1. The fraction of sp³-hybridized carbons (Fsp3) is 0.188. The number of carboxylic acid groups (broad SMARTS) is 1. The summed E-state index contributed by atoms with van der Waals surface area (Å²) in [5.41, 5.74) is 0.570.